The minimum atomic E-state index is -0.585. The van der Waals surface area contributed by atoms with E-state index < -0.39 is 5.54 Å². The van der Waals surface area contributed by atoms with Gasteiger partial charge < -0.3 is 20.7 Å². The molecule has 0 bridgehead atoms. The number of carbonyl (C=O) groups excluding carboxylic acids is 3. The van der Waals surface area contributed by atoms with Gasteiger partial charge in [-0.05, 0) is 73.6 Å². The minimum absolute atomic E-state index is 0.00656. The van der Waals surface area contributed by atoms with Crippen molar-refractivity contribution < 1.29 is 19.1 Å². The van der Waals surface area contributed by atoms with E-state index in [2.05, 4.69) is 50.0 Å². The minimum Gasteiger partial charge on any atom is -0.381 e. The Morgan fingerprint density at radius 1 is 0.761 bits per heavy atom. The predicted octanol–water partition coefficient (Wildman–Crippen LogP) is 3.41. The molecule has 4 heterocycles. The topological polar surface area (TPSA) is 103 Å². The third-order valence-corrected chi connectivity index (χ3v) is 10.8. The molecule has 3 fully saturated rings. The molecule has 9 nitrogen and oxygen atoms in total. The summed E-state index contributed by atoms with van der Waals surface area (Å²) in [6, 6.07) is 18.9. The molecule has 3 amide bonds. The highest BCUT2D eigenvalue weighted by Crippen LogP contribution is 2.32. The van der Waals surface area contributed by atoms with E-state index in [9.17, 15) is 14.4 Å². The second kappa shape index (κ2) is 15.5. The molecule has 248 valence electrons. The van der Waals surface area contributed by atoms with Crippen LogP contribution in [0, 0.1) is 11.8 Å². The van der Waals surface area contributed by atoms with Gasteiger partial charge in [0.1, 0.15) is 0 Å². The number of carbonyl (C=O) groups is 3. The zero-order valence-electron chi connectivity index (χ0n) is 27.2. The van der Waals surface area contributed by atoms with E-state index in [-0.39, 0.29) is 36.5 Å². The Labute approximate surface area is 273 Å². The molecule has 0 aliphatic carbocycles. The van der Waals surface area contributed by atoms with Crippen molar-refractivity contribution in [2.45, 2.75) is 82.5 Å². The molecule has 2 atom stereocenters. The van der Waals surface area contributed by atoms with Gasteiger partial charge in [-0.2, -0.15) is 0 Å². The highest BCUT2D eigenvalue weighted by atomic mass is 16.5. The van der Waals surface area contributed by atoms with Gasteiger partial charge in [-0.25, -0.2) is 0 Å². The van der Waals surface area contributed by atoms with Crippen molar-refractivity contribution >= 4 is 17.7 Å². The van der Waals surface area contributed by atoms with Crippen LogP contribution in [0.1, 0.15) is 68.1 Å². The number of piperidine rings is 2. The first kappa shape index (κ1) is 32.7. The van der Waals surface area contributed by atoms with Crippen LogP contribution >= 0.6 is 0 Å². The maximum absolute atomic E-state index is 13.6. The van der Waals surface area contributed by atoms with Crippen molar-refractivity contribution in [3.8, 4) is 0 Å². The smallest absolute Gasteiger partial charge is 0.224 e. The summed E-state index contributed by atoms with van der Waals surface area (Å²) in [5, 5.41) is 9.74. The number of ether oxygens (including phenoxy) is 1. The van der Waals surface area contributed by atoms with Gasteiger partial charge in [0.15, 0.2) is 0 Å². The van der Waals surface area contributed by atoms with Gasteiger partial charge in [-0.3, -0.25) is 24.2 Å². The highest BCUT2D eigenvalue weighted by molar-refractivity contribution is 5.82. The molecule has 0 aromatic heterocycles. The van der Waals surface area contributed by atoms with Crippen molar-refractivity contribution in [1.29, 1.82) is 0 Å². The Bertz CT molecular complexity index is 1320. The lowest BCUT2D eigenvalue weighted by Gasteiger charge is -2.43. The van der Waals surface area contributed by atoms with Crippen LogP contribution in [0.15, 0.2) is 54.6 Å². The average molecular weight is 630 g/mol. The number of likely N-dealkylation sites (tertiary alicyclic amines) is 2. The predicted molar refractivity (Wildman–Crippen MR) is 178 cm³/mol. The second-order valence-electron chi connectivity index (χ2n) is 14.0. The monoisotopic (exact) mass is 629 g/mol. The largest absolute Gasteiger partial charge is 0.381 e. The quantitative estimate of drug-likeness (QED) is 0.481. The summed E-state index contributed by atoms with van der Waals surface area (Å²) < 4.78 is 5.62. The third-order valence-electron chi connectivity index (χ3n) is 10.8. The Kier molecular flexibility index (Phi) is 11.0. The van der Waals surface area contributed by atoms with E-state index in [0.717, 1.165) is 95.6 Å². The fourth-order valence-electron chi connectivity index (χ4n) is 8.10. The van der Waals surface area contributed by atoms with Gasteiger partial charge in [0.25, 0.3) is 0 Å². The summed E-state index contributed by atoms with van der Waals surface area (Å²) in [5.41, 5.74) is 2.56. The van der Waals surface area contributed by atoms with Crippen LogP contribution in [0.3, 0.4) is 0 Å². The molecule has 3 N–H and O–H groups in total. The molecule has 0 radical (unpaired) electrons. The van der Waals surface area contributed by atoms with E-state index in [1.54, 1.807) is 0 Å². The number of rotatable bonds is 3. The Morgan fingerprint density at radius 2 is 1.50 bits per heavy atom. The fraction of sp³-hybridized carbons (Fsp3) is 0.595. The van der Waals surface area contributed by atoms with Crippen LogP contribution in [0.4, 0.5) is 0 Å². The molecule has 1 spiro atoms. The highest BCUT2D eigenvalue weighted by Gasteiger charge is 2.39. The summed E-state index contributed by atoms with van der Waals surface area (Å²) >= 11 is 0. The van der Waals surface area contributed by atoms with Crippen molar-refractivity contribution in [2.24, 2.45) is 11.8 Å². The fourth-order valence-corrected chi connectivity index (χ4v) is 8.10. The lowest BCUT2D eigenvalue weighted by atomic mass is 9.80. The molecule has 4 aliphatic heterocycles. The van der Waals surface area contributed by atoms with Gasteiger partial charge in [-0.15, -0.1) is 0 Å². The summed E-state index contributed by atoms with van der Waals surface area (Å²) in [6.45, 7) is 7.09. The molecule has 9 heteroatoms. The summed E-state index contributed by atoms with van der Waals surface area (Å²) in [6.07, 6.45) is 6.39. The molecule has 3 saturated heterocycles. The standard InChI is InChI=1S/C37H51N5O4/c43-34-22-30-11-17-42(33-12-20-46-21-13-33)27-32(30)10-16-38-36(45)24-37(14-18-41(19-15-37)26-28-6-2-1-3-7-28)40-35(44)23-29-8-4-5-9-31(29)25-39-34/h1-9,30,32-33H,10-27H2,(H,38,45)(H,39,43)(H,40,44)/t30-,32-/m0/s1. The number of amides is 3. The molecule has 46 heavy (non-hydrogen) atoms. The van der Waals surface area contributed by atoms with Gasteiger partial charge in [0, 0.05) is 71.4 Å². The lowest BCUT2D eigenvalue weighted by Crippen LogP contribution is -2.57. The average Bonchev–Trinajstić information content (AvgIpc) is 3.07. The molecule has 4 aliphatic rings. The van der Waals surface area contributed by atoms with Crippen molar-refractivity contribution in [3.05, 3.63) is 71.3 Å². The number of fused-ring (bicyclic) bond motifs is 2. The summed E-state index contributed by atoms with van der Waals surface area (Å²) in [5.74, 6) is 0.589. The van der Waals surface area contributed by atoms with Crippen LogP contribution in [0.2, 0.25) is 0 Å². The van der Waals surface area contributed by atoms with Crippen LogP contribution in [0.5, 0.6) is 0 Å². The summed E-state index contributed by atoms with van der Waals surface area (Å²) in [4.78, 5) is 45.4. The van der Waals surface area contributed by atoms with Crippen LogP contribution in [0.25, 0.3) is 0 Å². The molecule has 2 aromatic rings. The Hall–Kier alpha value is -3.27. The SMILES string of the molecule is O=C1C[C@@H]2CCN(C3CCOCC3)C[C@@H]2CCNC(=O)CC2(CCN(Cc3ccccc3)CC2)NC(=O)Cc2ccccc2CN1. The summed E-state index contributed by atoms with van der Waals surface area (Å²) in [7, 11) is 0. The van der Waals surface area contributed by atoms with E-state index in [1.165, 1.54) is 5.56 Å². The molecule has 2 aromatic carbocycles. The molecule has 0 saturated carbocycles. The number of nitrogens with one attached hydrogen (secondary N) is 3. The first-order valence-electron chi connectivity index (χ1n) is 17.4. The first-order valence-corrected chi connectivity index (χ1v) is 17.4. The number of hydrogen-bond donors (Lipinski definition) is 3. The van der Waals surface area contributed by atoms with Crippen molar-refractivity contribution in [2.75, 3.05) is 45.9 Å². The number of hydrogen-bond acceptors (Lipinski definition) is 6. The van der Waals surface area contributed by atoms with Crippen molar-refractivity contribution in [3.63, 3.8) is 0 Å². The van der Waals surface area contributed by atoms with Gasteiger partial charge in [0.05, 0.1) is 12.0 Å². The maximum Gasteiger partial charge on any atom is 0.224 e. The van der Waals surface area contributed by atoms with E-state index in [1.807, 2.05) is 30.3 Å². The number of benzene rings is 2. The molecular weight excluding hydrogens is 578 g/mol. The van der Waals surface area contributed by atoms with Crippen molar-refractivity contribution in [1.82, 2.24) is 25.8 Å². The number of nitrogens with zero attached hydrogens (tertiary/aromatic N) is 2. The molecular formula is C37H51N5O4. The van der Waals surface area contributed by atoms with Crippen LogP contribution in [-0.4, -0.2) is 85.0 Å². The maximum atomic E-state index is 13.6. The molecule has 6 rings (SSSR count). The van der Waals surface area contributed by atoms with E-state index in [4.69, 9.17) is 4.74 Å². The molecule has 0 unspecified atom stereocenters. The normalized spacial score (nSPS) is 26.2. The van der Waals surface area contributed by atoms with E-state index in [0.29, 0.717) is 31.5 Å². The first-order chi connectivity index (χ1) is 22.4. The lowest BCUT2D eigenvalue weighted by molar-refractivity contribution is -0.127. The zero-order chi connectivity index (χ0) is 31.8. The van der Waals surface area contributed by atoms with Crippen LogP contribution in [-0.2, 0) is 38.6 Å². The van der Waals surface area contributed by atoms with E-state index >= 15 is 0 Å². The second-order valence-corrected chi connectivity index (χ2v) is 14.0. The van der Waals surface area contributed by atoms with Gasteiger partial charge in [0.2, 0.25) is 17.7 Å². The van der Waals surface area contributed by atoms with Gasteiger partial charge >= 0.3 is 0 Å². The Morgan fingerprint density at radius 3 is 2.28 bits per heavy atom. The van der Waals surface area contributed by atoms with Gasteiger partial charge in [-0.1, -0.05) is 54.6 Å². The zero-order valence-corrected chi connectivity index (χ0v) is 27.2. The Balaban J connectivity index is 1.17. The van der Waals surface area contributed by atoms with Crippen LogP contribution < -0.4 is 16.0 Å². The third kappa shape index (κ3) is 8.75.